The highest BCUT2D eigenvalue weighted by Crippen LogP contribution is 2.29. The number of aromatic amines is 1. The number of rotatable bonds is 4. The van der Waals surface area contributed by atoms with Crippen LogP contribution in [0.2, 0.25) is 0 Å². The number of likely N-dealkylation sites (tertiary alicyclic amines) is 1. The number of carbonyl (C=O) groups excluding carboxylic acids is 1. The quantitative estimate of drug-likeness (QED) is 0.784. The minimum atomic E-state index is -0.308. The summed E-state index contributed by atoms with van der Waals surface area (Å²) in [5.74, 6) is 0.584. The highest BCUT2D eigenvalue weighted by atomic mass is 16.2. The summed E-state index contributed by atoms with van der Waals surface area (Å²) in [5, 5.41) is 16.3. The summed E-state index contributed by atoms with van der Waals surface area (Å²) in [5.41, 5.74) is -0.308. The Bertz CT molecular complexity index is 392. The molecule has 0 aromatic carbocycles. The van der Waals surface area contributed by atoms with Crippen molar-refractivity contribution in [2.45, 2.75) is 33.2 Å². The van der Waals surface area contributed by atoms with E-state index in [1.54, 1.807) is 0 Å². The molecule has 2 N–H and O–H groups in total. The number of nitrogens with one attached hydrogen (secondary N) is 2. The van der Waals surface area contributed by atoms with Crippen LogP contribution in [0.4, 0.5) is 0 Å². The van der Waals surface area contributed by atoms with E-state index in [-0.39, 0.29) is 11.3 Å². The van der Waals surface area contributed by atoms with Gasteiger partial charge in [-0.25, -0.2) is 0 Å². The van der Waals surface area contributed by atoms with E-state index in [9.17, 15) is 4.79 Å². The van der Waals surface area contributed by atoms with Gasteiger partial charge in [-0.2, -0.15) is 5.21 Å². The Kier molecular flexibility index (Phi) is 3.90. The lowest BCUT2D eigenvalue weighted by atomic mass is 9.81. The second-order valence-electron chi connectivity index (χ2n) is 5.04. The third-order valence-corrected chi connectivity index (χ3v) is 3.57. The molecule has 1 amide bonds. The van der Waals surface area contributed by atoms with Crippen molar-refractivity contribution in [3.63, 3.8) is 0 Å². The predicted molar refractivity (Wildman–Crippen MR) is 65.5 cm³/mol. The zero-order valence-electron chi connectivity index (χ0n) is 10.9. The lowest BCUT2D eigenvalue weighted by Crippen LogP contribution is -2.50. The third kappa shape index (κ3) is 2.84. The summed E-state index contributed by atoms with van der Waals surface area (Å²) in [6.07, 6.45) is 2.00. The van der Waals surface area contributed by atoms with E-state index < -0.39 is 0 Å². The fraction of sp³-hybridized carbons (Fsp3) is 0.818. The van der Waals surface area contributed by atoms with Crippen LogP contribution in [0.15, 0.2) is 0 Å². The van der Waals surface area contributed by atoms with Crippen LogP contribution in [0, 0.1) is 5.41 Å². The normalized spacial score (nSPS) is 25.0. The minimum Gasteiger partial charge on any atom is -0.348 e. The molecule has 1 atom stereocenters. The Morgan fingerprint density at radius 1 is 1.61 bits per heavy atom. The molecule has 1 fully saturated rings. The number of nitrogens with zero attached hydrogens (tertiary/aromatic N) is 4. The van der Waals surface area contributed by atoms with Gasteiger partial charge in [0, 0.05) is 6.54 Å². The average molecular weight is 252 g/mol. The number of amides is 1. The van der Waals surface area contributed by atoms with Crippen LogP contribution < -0.4 is 5.32 Å². The van der Waals surface area contributed by atoms with Gasteiger partial charge in [-0.05, 0) is 32.9 Å². The molecule has 0 aliphatic carbocycles. The highest BCUT2D eigenvalue weighted by Gasteiger charge is 2.37. The molecule has 1 aliphatic heterocycles. The molecule has 2 rings (SSSR count). The third-order valence-electron chi connectivity index (χ3n) is 3.57. The van der Waals surface area contributed by atoms with Gasteiger partial charge >= 0.3 is 0 Å². The minimum absolute atomic E-state index is 0.0745. The Morgan fingerprint density at radius 3 is 3.11 bits per heavy atom. The SMILES string of the molecule is CCN1CCCC(C)(C(=O)NCc2nn[nH]n2)C1. The lowest BCUT2D eigenvalue weighted by Gasteiger charge is -2.38. The second kappa shape index (κ2) is 5.43. The van der Waals surface area contributed by atoms with E-state index in [1.807, 2.05) is 6.92 Å². The van der Waals surface area contributed by atoms with E-state index in [0.717, 1.165) is 32.5 Å². The molecule has 100 valence electrons. The van der Waals surface area contributed by atoms with E-state index in [1.165, 1.54) is 0 Å². The van der Waals surface area contributed by atoms with Crippen molar-refractivity contribution >= 4 is 5.91 Å². The molecule has 1 aliphatic rings. The van der Waals surface area contributed by atoms with Gasteiger partial charge in [-0.1, -0.05) is 12.1 Å². The number of H-pyrrole nitrogens is 1. The van der Waals surface area contributed by atoms with Crippen molar-refractivity contribution in [3.05, 3.63) is 5.82 Å². The number of hydrogen-bond acceptors (Lipinski definition) is 5. The summed E-state index contributed by atoms with van der Waals surface area (Å²) in [7, 11) is 0. The molecular weight excluding hydrogens is 232 g/mol. The van der Waals surface area contributed by atoms with Crippen molar-refractivity contribution < 1.29 is 4.79 Å². The topological polar surface area (TPSA) is 86.8 Å². The molecular formula is C11H20N6O. The van der Waals surface area contributed by atoms with Crippen LogP contribution in [0.1, 0.15) is 32.5 Å². The zero-order valence-corrected chi connectivity index (χ0v) is 10.9. The summed E-state index contributed by atoms with van der Waals surface area (Å²) in [4.78, 5) is 14.6. The van der Waals surface area contributed by atoms with Gasteiger partial charge in [-0.15, -0.1) is 10.2 Å². The molecule has 0 bridgehead atoms. The Balaban J connectivity index is 1.90. The molecule has 7 heteroatoms. The van der Waals surface area contributed by atoms with Crippen molar-refractivity contribution in [2.75, 3.05) is 19.6 Å². The smallest absolute Gasteiger partial charge is 0.227 e. The van der Waals surface area contributed by atoms with Crippen LogP contribution in [-0.2, 0) is 11.3 Å². The molecule has 2 heterocycles. The van der Waals surface area contributed by atoms with Crippen LogP contribution in [-0.4, -0.2) is 51.1 Å². The molecule has 0 saturated carbocycles. The number of hydrogen-bond donors (Lipinski definition) is 2. The largest absolute Gasteiger partial charge is 0.348 e. The van der Waals surface area contributed by atoms with Crippen LogP contribution in [0.25, 0.3) is 0 Å². The maximum atomic E-state index is 12.3. The molecule has 0 radical (unpaired) electrons. The number of tetrazole rings is 1. The highest BCUT2D eigenvalue weighted by molar-refractivity contribution is 5.82. The van der Waals surface area contributed by atoms with E-state index >= 15 is 0 Å². The lowest BCUT2D eigenvalue weighted by molar-refractivity contribution is -0.133. The maximum absolute atomic E-state index is 12.3. The maximum Gasteiger partial charge on any atom is 0.227 e. The van der Waals surface area contributed by atoms with Crippen LogP contribution in [0.5, 0.6) is 0 Å². The van der Waals surface area contributed by atoms with Crippen molar-refractivity contribution in [3.8, 4) is 0 Å². The Labute approximate surface area is 106 Å². The summed E-state index contributed by atoms with van der Waals surface area (Å²) in [6.45, 7) is 7.39. The summed E-state index contributed by atoms with van der Waals surface area (Å²) >= 11 is 0. The first kappa shape index (κ1) is 12.9. The van der Waals surface area contributed by atoms with Gasteiger partial charge in [0.25, 0.3) is 0 Å². The van der Waals surface area contributed by atoms with Gasteiger partial charge in [0.15, 0.2) is 5.82 Å². The summed E-state index contributed by atoms with van der Waals surface area (Å²) < 4.78 is 0. The monoisotopic (exact) mass is 252 g/mol. The zero-order chi connectivity index (χ0) is 13.0. The molecule has 1 aromatic heterocycles. The van der Waals surface area contributed by atoms with Crippen molar-refractivity contribution in [1.82, 2.24) is 30.8 Å². The van der Waals surface area contributed by atoms with Gasteiger partial charge in [0.1, 0.15) is 0 Å². The first-order chi connectivity index (χ1) is 8.64. The number of aromatic nitrogens is 4. The second-order valence-corrected chi connectivity index (χ2v) is 5.04. The molecule has 7 nitrogen and oxygen atoms in total. The van der Waals surface area contributed by atoms with Gasteiger partial charge in [0.05, 0.1) is 12.0 Å². The van der Waals surface area contributed by atoms with Gasteiger partial charge < -0.3 is 10.2 Å². The molecule has 0 spiro atoms. The number of carbonyl (C=O) groups is 1. The molecule has 1 saturated heterocycles. The fourth-order valence-corrected chi connectivity index (χ4v) is 2.43. The van der Waals surface area contributed by atoms with E-state index in [0.29, 0.717) is 12.4 Å². The summed E-state index contributed by atoms with van der Waals surface area (Å²) in [6, 6.07) is 0. The van der Waals surface area contributed by atoms with Gasteiger partial charge in [0.2, 0.25) is 5.91 Å². The van der Waals surface area contributed by atoms with Crippen LogP contribution >= 0.6 is 0 Å². The Hall–Kier alpha value is -1.50. The molecule has 18 heavy (non-hydrogen) atoms. The van der Waals surface area contributed by atoms with E-state index in [4.69, 9.17) is 0 Å². The first-order valence-corrected chi connectivity index (χ1v) is 6.37. The Morgan fingerprint density at radius 2 is 2.44 bits per heavy atom. The van der Waals surface area contributed by atoms with E-state index in [2.05, 4.69) is 37.8 Å². The van der Waals surface area contributed by atoms with Crippen LogP contribution in [0.3, 0.4) is 0 Å². The van der Waals surface area contributed by atoms with Gasteiger partial charge in [-0.3, -0.25) is 4.79 Å². The molecule has 1 aromatic rings. The predicted octanol–water partition coefficient (Wildman–Crippen LogP) is -0.0621. The fourth-order valence-electron chi connectivity index (χ4n) is 2.43. The molecule has 1 unspecified atom stereocenters. The average Bonchev–Trinajstić information content (AvgIpc) is 2.89. The van der Waals surface area contributed by atoms with Crippen molar-refractivity contribution in [1.29, 1.82) is 0 Å². The number of piperidine rings is 1. The standard InChI is InChI=1S/C11H20N6O/c1-3-17-6-4-5-11(2,8-17)10(18)12-7-9-13-15-16-14-9/h3-8H2,1-2H3,(H,12,18)(H,13,14,15,16). The van der Waals surface area contributed by atoms with Crippen molar-refractivity contribution in [2.24, 2.45) is 5.41 Å². The first-order valence-electron chi connectivity index (χ1n) is 6.37.